The average molecular weight is 360 g/mol. The van der Waals surface area contributed by atoms with Gasteiger partial charge in [-0.05, 0) is 25.5 Å². The van der Waals surface area contributed by atoms with Crippen molar-refractivity contribution in [2.75, 3.05) is 18.3 Å². The Hall–Kier alpha value is -1.31. The summed E-state index contributed by atoms with van der Waals surface area (Å²) in [4.78, 5) is 12.3. The zero-order chi connectivity index (χ0) is 16.7. The lowest BCUT2D eigenvalue weighted by molar-refractivity contribution is -0.122. The number of hydrogen-bond donors (Lipinski definition) is 1. The third kappa shape index (κ3) is 3.79. The maximum atomic E-state index is 12.3. The van der Waals surface area contributed by atoms with E-state index in [2.05, 4.69) is 5.32 Å². The maximum absolute atomic E-state index is 12.3. The molecule has 126 valence electrons. The zero-order valence-electron chi connectivity index (χ0n) is 12.7. The van der Waals surface area contributed by atoms with Crippen molar-refractivity contribution in [2.24, 2.45) is 0 Å². The van der Waals surface area contributed by atoms with Crippen molar-refractivity contribution in [3.8, 4) is 5.75 Å². The second-order valence-electron chi connectivity index (χ2n) is 6.29. The van der Waals surface area contributed by atoms with Gasteiger partial charge in [0.05, 0.1) is 30.1 Å². The molecule has 1 atom stereocenters. The summed E-state index contributed by atoms with van der Waals surface area (Å²) in [5.41, 5.74) is 0.775. The van der Waals surface area contributed by atoms with Crippen LogP contribution in [0, 0.1) is 0 Å². The molecule has 2 aliphatic heterocycles. The predicted molar refractivity (Wildman–Crippen MR) is 85.3 cm³/mol. The van der Waals surface area contributed by atoms with E-state index in [9.17, 15) is 13.2 Å². The van der Waals surface area contributed by atoms with Crippen molar-refractivity contribution in [3.63, 3.8) is 0 Å². The molecule has 0 spiro atoms. The Bertz CT molecular complexity index is 748. The fourth-order valence-electron chi connectivity index (χ4n) is 3.05. The van der Waals surface area contributed by atoms with Crippen LogP contribution in [0.2, 0.25) is 5.02 Å². The van der Waals surface area contributed by atoms with Crippen LogP contribution in [-0.4, -0.2) is 38.2 Å². The first kappa shape index (κ1) is 16.5. The van der Waals surface area contributed by atoms with E-state index in [0.717, 1.165) is 5.56 Å². The summed E-state index contributed by atoms with van der Waals surface area (Å²) in [7, 11) is -3.07. The first-order valence-electron chi connectivity index (χ1n) is 7.30. The van der Waals surface area contributed by atoms with Crippen LogP contribution in [-0.2, 0) is 32.4 Å². The first-order valence-corrected chi connectivity index (χ1v) is 9.50. The maximum Gasteiger partial charge on any atom is 0.225 e. The van der Waals surface area contributed by atoms with Gasteiger partial charge in [0.2, 0.25) is 5.91 Å². The number of carbonyl (C=O) groups is 1. The second-order valence-corrected chi connectivity index (χ2v) is 8.91. The lowest BCUT2D eigenvalue weighted by Gasteiger charge is -2.25. The Morgan fingerprint density at radius 3 is 2.91 bits per heavy atom. The third-order valence-electron chi connectivity index (χ3n) is 4.05. The molecule has 0 unspecified atom stereocenters. The van der Waals surface area contributed by atoms with Crippen LogP contribution in [0.1, 0.15) is 24.5 Å². The smallest absolute Gasteiger partial charge is 0.225 e. The Balaban J connectivity index is 1.75. The van der Waals surface area contributed by atoms with E-state index in [4.69, 9.17) is 21.1 Å². The number of benzene rings is 1. The predicted octanol–water partition coefficient (Wildman–Crippen LogP) is 1.44. The highest BCUT2D eigenvalue weighted by Gasteiger charge is 2.39. The van der Waals surface area contributed by atoms with Gasteiger partial charge in [0.15, 0.2) is 16.6 Å². The Morgan fingerprint density at radius 1 is 1.43 bits per heavy atom. The average Bonchev–Trinajstić information content (AvgIpc) is 2.71. The normalized spacial score (nSPS) is 25.5. The fourth-order valence-corrected chi connectivity index (χ4v) is 5.41. The van der Waals surface area contributed by atoms with Crippen LogP contribution >= 0.6 is 11.6 Å². The molecule has 1 aromatic rings. The van der Waals surface area contributed by atoms with Crippen LogP contribution in [0.4, 0.5) is 0 Å². The number of fused-ring (bicyclic) bond motifs is 1. The summed E-state index contributed by atoms with van der Waals surface area (Å²) < 4.78 is 33.9. The van der Waals surface area contributed by atoms with E-state index in [1.807, 2.05) is 0 Å². The SMILES string of the molecule is C[C@]1(NC(=O)Cc2cc(Cl)cc3c2OCOC3)CCS(=O)(=O)C1. The molecule has 2 heterocycles. The standard InChI is InChI=1S/C15H18ClNO5S/c1-15(2-3-23(19,20)8-15)17-13(18)6-10-4-12(16)5-11-7-21-9-22-14(10)11/h4-5H,2-3,6-9H2,1H3,(H,17,18)/t15-/m0/s1. The first-order chi connectivity index (χ1) is 10.8. The quantitative estimate of drug-likeness (QED) is 0.883. The number of carbonyl (C=O) groups excluding carboxylic acids is 1. The summed E-state index contributed by atoms with van der Waals surface area (Å²) in [5, 5.41) is 3.35. The molecular weight excluding hydrogens is 342 g/mol. The molecule has 0 aromatic heterocycles. The van der Waals surface area contributed by atoms with Crippen molar-refractivity contribution in [2.45, 2.75) is 31.9 Å². The van der Waals surface area contributed by atoms with E-state index < -0.39 is 15.4 Å². The highest BCUT2D eigenvalue weighted by molar-refractivity contribution is 7.91. The van der Waals surface area contributed by atoms with Gasteiger partial charge in [0.1, 0.15) is 5.75 Å². The van der Waals surface area contributed by atoms with Gasteiger partial charge in [-0.2, -0.15) is 0 Å². The lowest BCUT2D eigenvalue weighted by atomic mass is 10.0. The van der Waals surface area contributed by atoms with Crippen molar-refractivity contribution in [3.05, 3.63) is 28.3 Å². The summed E-state index contributed by atoms with van der Waals surface area (Å²) in [6, 6.07) is 3.45. The summed E-state index contributed by atoms with van der Waals surface area (Å²) >= 11 is 6.08. The molecule has 0 aliphatic carbocycles. The number of halogens is 1. The zero-order valence-corrected chi connectivity index (χ0v) is 14.3. The topological polar surface area (TPSA) is 81.7 Å². The van der Waals surface area contributed by atoms with Crippen LogP contribution in [0.15, 0.2) is 12.1 Å². The molecule has 1 N–H and O–H groups in total. The molecule has 3 rings (SSSR count). The number of hydrogen-bond acceptors (Lipinski definition) is 5. The fraction of sp³-hybridized carbons (Fsp3) is 0.533. The van der Waals surface area contributed by atoms with E-state index >= 15 is 0 Å². The molecule has 0 bridgehead atoms. The molecule has 1 saturated heterocycles. The minimum atomic E-state index is -3.07. The number of rotatable bonds is 3. The van der Waals surface area contributed by atoms with Crippen LogP contribution in [0.3, 0.4) is 0 Å². The largest absolute Gasteiger partial charge is 0.467 e. The van der Waals surface area contributed by atoms with Crippen molar-refractivity contribution in [1.29, 1.82) is 0 Å². The van der Waals surface area contributed by atoms with Gasteiger partial charge in [0.25, 0.3) is 0 Å². The lowest BCUT2D eigenvalue weighted by Crippen LogP contribution is -2.47. The summed E-state index contributed by atoms with van der Waals surface area (Å²) in [5.74, 6) is 0.463. The molecule has 1 amide bonds. The molecule has 0 saturated carbocycles. The van der Waals surface area contributed by atoms with E-state index in [1.165, 1.54) is 0 Å². The van der Waals surface area contributed by atoms with Gasteiger partial charge in [-0.15, -0.1) is 0 Å². The molecule has 8 heteroatoms. The minimum absolute atomic E-state index is 0.0241. The van der Waals surface area contributed by atoms with Gasteiger partial charge in [0, 0.05) is 16.1 Å². The van der Waals surface area contributed by atoms with Gasteiger partial charge in [-0.3, -0.25) is 4.79 Å². The molecular formula is C15H18ClNO5S. The minimum Gasteiger partial charge on any atom is -0.467 e. The molecule has 23 heavy (non-hydrogen) atoms. The molecule has 2 aliphatic rings. The molecule has 1 aromatic carbocycles. The Labute approximate surface area is 140 Å². The second kappa shape index (κ2) is 5.96. The number of ether oxygens (including phenoxy) is 2. The Kier molecular flexibility index (Phi) is 4.29. The van der Waals surface area contributed by atoms with Crippen molar-refractivity contribution < 1.29 is 22.7 Å². The van der Waals surface area contributed by atoms with Gasteiger partial charge in [-0.1, -0.05) is 11.6 Å². The van der Waals surface area contributed by atoms with Crippen LogP contribution in [0.25, 0.3) is 0 Å². The highest BCUT2D eigenvalue weighted by Crippen LogP contribution is 2.32. The van der Waals surface area contributed by atoms with Gasteiger partial charge < -0.3 is 14.8 Å². The Morgan fingerprint density at radius 2 is 2.22 bits per heavy atom. The van der Waals surface area contributed by atoms with E-state index in [-0.39, 0.29) is 30.6 Å². The van der Waals surface area contributed by atoms with E-state index in [0.29, 0.717) is 29.4 Å². The van der Waals surface area contributed by atoms with Gasteiger partial charge >= 0.3 is 0 Å². The van der Waals surface area contributed by atoms with E-state index in [1.54, 1.807) is 19.1 Å². The molecule has 0 radical (unpaired) electrons. The highest BCUT2D eigenvalue weighted by atomic mass is 35.5. The number of sulfone groups is 1. The number of amides is 1. The molecule has 6 nitrogen and oxygen atoms in total. The third-order valence-corrected chi connectivity index (χ3v) is 6.17. The number of nitrogens with one attached hydrogen (secondary N) is 1. The van der Waals surface area contributed by atoms with Crippen LogP contribution in [0.5, 0.6) is 5.75 Å². The van der Waals surface area contributed by atoms with Crippen molar-refractivity contribution >= 4 is 27.3 Å². The summed E-state index contributed by atoms with van der Waals surface area (Å²) in [6.45, 7) is 2.28. The van der Waals surface area contributed by atoms with Crippen molar-refractivity contribution in [1.82, 2.24) is 5.32 Å². The van der Waals surface area contributed by atoms with Gasteiger partial charge in [-0.25, -0.2) is 8.42 Å². The van der Waals surface area contributed by atoms with Crippen LogP contribution < -0.4 is 10.1 Å². The monoisotopic (exact) mass is 359 g/mol. The molecule has 1 fully saturated rings. The summed E-state index contributed by atoms with van der Waals surface area (Å²) in [6.07, 6.45) is 0.512.